The molecule has 1 N–H and O–H groups in total. The van der Waals surface area contributed by atoms with Gasteiger partial charge in [0, 0.05) is 17.6 Å². The lowest BCUT2D eigenvalue weighted by Gasteiger charge is -2.25. The molecule has 0 radical (unpaired) electrons. The summed E-state index contributed by atoms with van der Waals surface area (Å²) in [6, 6.07) is 6.81. The number of benzene rings is 1. The van der Waals surface area contributed by atoms with Gasteiger partial charge in [-0.05, 0) is 58.4 Å². The minimum absolute atomic E-state index is 0.239. The second-order valence-electron chi connectivity index (χ2n) is 6.70. The molecule has 2 rings (SSSR count). The smallest absolute Gasteiger partial charge is 0.349 e. The highest BCUT2D eigenvalue weighted by Gasteiger charge is 2.31. The number of carbonyl (C=O) groups is 2. The maximum atomic E-state index is 12.7. The Morgan fingerprint density at radius 1 is 1.21 bits per heavy atom. The molecule has 2 aromatic rings. The van der Waals surface area contributed by atoms with E-state index >= 15 is 0 Å². The van der Waals surface area contributed by atoms with Gasteiger partial charge in [-0.3, -0.25) is 10.2 Å². The Labute approximate surface area is 169 Å². The van der Waals surface area contributed by atoms with Gasteiger partial charge in [-0.15, -0.1) is 11.3 Å². The molecule has 0 aliphatic carbocycles. The van der Waals surface area contributed by atoms with E-state index in [-0.39, 0.29) is 6.03 Å². The average Bonchev–Trinajstić information content (AvgIpc) is 3.05. The van der Waals surface area contributed by atoms with Crippen molar-refractivity contribution >= 4 is 34.2 Å². The molecule has 0 spiro atoms. The molecule has 0 bridgehead atoms. The van der Waals surface area contributed by atoms with Crippen molar-refractivity contribution in [1.82, 2.24) is 4.98 Å². The minimum atomic E-state index is -1.10. The first-order valence-electron chi connectivity index (χ1n) is 9.23. The van der Waals surface area contributed by atoms with Crippen LogP contribution in [0.2, 0.25) is 0 Å². The number of ether oxygens (including phenoxy) is 2. The summed E-state index contributed by atoms with van der Waals surface area (Å²) >= 11 is 1.39. The zero-order valence-electron chi connectivity index (χ0n) is 16.9. The number of hydrogen-bond donors (Lipinski definition) is 1. The standard InChI is InChI=1S/C20H27N3O4S/c1-6-12-23(19(25)22-18-21-14(3)13-28-18)15-8-10-16(11-9-15)27-20(4,5)17(24)26-7-2/h8-11,13H,6-7,12H2,1-5H3,(H,21,22,25). The number of aromatic nitrogens is 1. The summed E-state index contributed by atoms with van der Waals surface area (Å²) in [6.45, 7) is 9.81. The van der Waals surface area contributed by atoms with Gasteiger partial charge < -0.3 is 9.47 Å². The summed E-state index contributed by atoms with van der Waals surface area (Å²) in [5, 5.41) is 5.29. The third-order valence-electron chi connectivity index (χ3n) is 3.81. The highest BCUT2D eigenvalue weighted by Crippen LogP contribution is 2.25. The van der Waals surface area contributed by atoms with Crippen LogP contribution in [0.15, 0.2) is 29.6 Å². The Kier molecular flexibility index (Phi) is 7.39. The second kappa shape index (κ2) is 9.54. The second-order valence-corrected chi connectivity index (χ2v) is 7.56. The number of hydrogen-bond acceptors (Lipinski definition) is 6. The van der Waals surface area contributed by atoms with E-state index in [2.05, 4.69) is 10.3 Å². The first-order valence-corrected chi connectivity index (χ1v) is 10.1. The van der Waals surface area contributed by atoms with E-state index in [4.69, 9.17) is 9.47 Å². The van der Waals surface area contributed by atoms with E-state index in [9.17, 15) is 9.59 Å². The maximum absolute atomic E-state index is 12.7. The minimum Gasteiger partial charge on any atom is -0.476 e. The lowest BCUT2D eigenvalue weighted by atomic mass is 10.1. The van der Waals surface area contributed by atoms with Crippen LogP contribution in [0.3, 0.4) is 0 Å². The lowest BCUT2D eigenvalue weighted by molar-refractivity contribution is -0.158. The quantitative estimate of drug-likeness (QED) is 0.648. The van der Waals surface area contributed by atoms with E-state index in [0.717, 1.165) is 17.8 Å². The molecule has 8 heteroatoms. The van der Waals surface area contributed by atoms with Crippen molar-refractivity contribution in [3.8, 4) is 5.75 Å². The van der Waals surface area contributed by atoms with Crippen molar-refractivity contribution in [2.24, 2.45) is 0 Å². The molecule has 1 heterocycles. The molecule has 1 aromatic heterocycles. The fourth-order valence-electron chi connectivity index (χ4n) is 2.48. The number of urea groups is 1. The topological polar surface area (TPSA) is 80.8 Å². The highest BCUT2D eigenvalue weighted by molar-refractivity contribution is 7.13. The monoisotopic (exact) mass is 405 g/mol. The van der Waals surface area contributed by atoms with Gasteiger partial charge in [0.25, 0.3) is 0 Å². The Balaban J connectivity index is 2.11. The molecule has 28 heavy (non-hydrogen) atoms. The van der Waals surface area contributed by atoms with Gasteiger partial charge in [-0.25, -0.2) is 14.6 Å². The van der Waals surface area contributed by atoms with Gasteiger partial charge in [-0.1, -0.05) is 6.92 Å². The van der Waals surface area contributed by atoms with Gasteiger partial charge in [0.15, 0.2) is 10.7 Å². The van der Waals surface area contributed by atoms with Crippen LogP contribution in [0.25, 0.3) is 0 Å². The van der Waals surface area contributed by atoms with Crippen LogP contribution in [0, 0.1) is 6.92 Å². The predicted molar refractivity (Wildman–Crippen MR) is 111 cm³/mol. The molecule has 0 fully saturated rings. The van der Waals surface area contributed by atoms with Crippen molar-refractivity contribution < 1.29 is 19.1 Å². The van der Waals surface area contributed by atoms with E-state index in [1.54, 1.807) is 49.9 Å². The van der Waals surface area contributed by atoms with Crippen LogP contribution in [-0.2, 0) is 9.53 Å². The normalized spacial score (nSPS) is 11.0. The number of nitrogens with zero attached hydrogens (tertiary/aromatic N) is 2. The SMILES string of the molecule is CCCN(C(=O)Nc1nc(C)cs1)c1ccc(OC(C)(C)C(=O)OCC)cc1. The molecular weight excluding hydrogens is 378 g/mol. The summed E-state index contributed by atoms with van der Waals surface area (Å²) in [4.78, 5) is 30.6. The fourth-order valence-corrected chi connectivity index (χ4v) is 3.15. The van der Waals surface area contributed by atoms with Gasteiger partial charge in [-0.2, -0.15) is 0 Å². The van der Waals surface area contributed by atoms with E-state index in [0.29, 0.717) is 24.0 Å². The Morgan fingerprint density at radius 2 is 1.89 bits per heavy atom. The zero-order valence-corrected chi connectivity index (χ0v) is 17.8. The summed E-state index contributed by atoms with van der Waals surface area (Å²) < 4.78 is 10.8. The number of anilines is 2. The average molecular weight is 406 g/mol. The molecule has 0 saturated carbocycles. The van der Waals surface area contributed by atoms with Crippen LogP contribution in [0.5, 0.6) is 5.75 Å². The molecular formula is C20H27N3O4S. The summed E-state index contributed by atoms with van der Waals surface area (Å²) in [5.41, 5.74) is 0.503. The number of thiazole rings is 1. The summed E-state index contributed by atoms with van der Waals surface area (Å²) in [7, 11) is 0. The van der Waals surface area contributed by atoms with E-state index in [1.165, 1.54) is 11.3 Å². The van der Waals surface area contributed by atoms with Crippen molar-refractivity contribution in [2.45, 2.75) is 46.6 Å². The number of nitrogens with one attached hydrogen (secondary N) is 1. The molecule has 152 valence electrons. The molecule has 7 nitrogen and oxygen atoms in total. The number of carbonyl (C=O) groups excluding carboxylic acids is 2. The van der Waals surface area contributed by atoms with Crippen molar-refractivity contribution in [1.29, 1.82) is 0 Å². The fraction of sp³-hybridized carbons (Fsp3) is 0.450. The first kappa shape index (κ1) is 21.7. The van der Waals surface area contributed by atoms with Crippen LogP contribution in [-0.4, -0.2) is 35.7 Å². The van der Waals surface area contributed by atoms with Crippen LogP contribution in [0.4, 0.5) is 15.6 Å². The third kappa shape index (κ3) is 5.69. The Bertz CT molecular complexity index is 802. The van der Waals surface area contributed by atoms with E-state index in [1.807, 2.05) is 19.2 Å². The molecule has 0 unspecified atom stereocenters. The van der Waals surface area contributed by atoms with Crippen LogP contribution >= 0.6 is 11.3 Å². The third-order valence-corrected chi connectivity index (χ3v) is 4.69. The van der Waals surface area contributed by atoms with Crippen LogP contribution in [0.1, 0.15) is 39.8 Å². The van der Waals surface area contributed by atoms with Crippen molar-refractivity contribution in [3.63, 3.8) is 0 Å². The van der Waals surface area contributed by atoms with Gasteiger partial charge in [0.05, 0.1) is 12.3 Å². The van der Waals surface area contributed by atoms with Gasteiger partial charge in [0.2, 0.25) is 0 Å². The van der Waals surface area contributed by atoms with Gasteiger partial charge in [0.1, 0.15) is 5.75 Å². The van der Waals surface area contributed by atoms with Crippen LogP contribution < -0.4 is 15.0 Å². The molecule has 1 aromatic carbocycles. The largest absolute Gasteiger partial charge is 0.476 e. The van der Waals surface area contributed by atoms with Crippen molar-refractivity contribution in [3.05, 3.63) is 35.3 Å². The first-order chi connectivity index (χ1) is 13.3. The van der Waals surface area contributed by atoms with Crippen molar-refractivity contribution in [2.75, 3.05) is 23.4 Å². The lowest BCUT2D eigenvalue weighted by Crippen LogP contribution is -2.39. The van der Waals surface area contributed by atoms with Gasteiger partial charge >= 0.3 is 12.0 Å². The predicted octanol–water partition coefficient (Wildman–Crippen LogP) is 4.62. The summed E-state index contributed by atoms with van der Waals surface area (Å²) in [5.74, 6) is 0.0963. The number of amides is 2. The molecule has 0 atom stereocenters. The number of rotatable bonds is 8. The maximum Gasteiger partial charge on any atom is 0.349 e. The number of esters is 1. The van der Waals surface area contributed by atoms with E-state index < -0.39 is 11.6 Å². The number of aryl methyl sites for hydroxylation is 1. The molecule has 0 aliphatic heterocycles. The summed E-state index contributed by atoms with van der Waals surface area (Å²) in [6.07, 6.45) is 0.804. The highest BCUT2D eigenvalue weighted by atomic mass is 32.1. The zero-order chi connectivity index (χ0) is 20.7. The Morgan fingerprint density at radius 3 is 2.43 bits per heavy atom. The molecule has 0 aliphatic rings. The Hall–Kier alpha value is -2.61. The molecule has 0 saturated heterocycles. The molecule has 2 amide bonds.